The van der Waals surface area contributed by atoms with Crippen molar-refractivity contribution in [3.05, 3.63) is 41.6 Å². The second kappa shape index (κ2) is 8.35. The number of carbonyl (C=O) groups excluding carboxylic acids is 4. The van der Waals surface area contributed by atoms with Crippen molar-refractivity contribution in [3.8, 4) is 0 Å². The van der Waals surface area contributed by atoms with Crippen LogP contribution >= 0.6 is 0 Å². The lowest BCUT2D eigenvalue weighted by molar-refractivity contribution is -0.134. The van der Waals surface area contributed by atoms with E-state index in [2.05, 4.69) is 5.32 Å². The Morgan fingerprint density at radius 2 is 1.87 bits per heavy atom. The van der Waals surface area contributed by atoms with Crippen LogP contribution in [0.3, 0.4) is 0 Å². The van der Waals surface area contributed by atoms with E-state index in [1.54, 1.807) is 10.8 Å². The van der Waals surface area contributed by atoms with Crippen molar-refractivity contribution in [1.82, 2.24) is 19.7 Å². The maximum Gasteiger partial charge on any atom is 0.333 e. The smallest absolute Gasteiger partial charge is 0.333 e. The van der Waals surface area contributed by atoms with Crippen molar-refractivity contribution in [2.24, 2.45) is 0 Å². The number of imide groups is 2. The standard InChI is InChI=1S/C22H24N4O5/c1-24-20(28)17(21(29)25(2)22(24)30)10-14-12-26(18-8-4-3-7-16(14)18)13-19(27)23-11-15-6-5-9-31-15/h3-4,7-8,10,12,15H,5-6,9,11,13H2,1-2H3,(H,23,27)/t15-/m1/s1. The first-order valence-corrected chi connectivity index (χ1v) is 10.1. The van der Waals surface area contributed by atoms with Crippen molar-refractivity contribution in [2.75, 3.05) is 27.2 Å². The number of carbonyl (C=O) groups is 4. The third kappa shape index (κ3) is 3.96. The van der Waals surface area contributed by atoms with E-state index in [1.165, 1.54) is 20.2 Å². The zero-order chi connectivity index (χ0) is 22.1. The highest BCUT2D eigenvalue weighted by molar-refractivity contribution is 6.31. The molecule has 4 rings (SSSR count). The third-order valence-electron chi connectivity index (χ3n) is 5.63. The van der Waals surface area contributed by atoms with Crippen LogP contribution in [-0.2, 0) is 25.7 Å². The Bertz CT molecular complexity index is 1070. The Balaban J connectivity index is 1.61. The predicted molar refractivity (Wildman–Crippen MR) is 113 cm³/mol. The quantitative estimate of drug-likeness (QED) is 0.577. The van der Waals surface area contributed by atoms with Gasteiger partial charge in [-0.15, -0.1) is 0 Å². The Morgan fingerprint density at radius 1 is 1.16 bits per heavy atom. The van der Waals surface area contributed by atoms with Gasteiger partial charge in [-0.1, -0.05) is 18.2 Å². The van der Waals surface area contributed by atoms with Gasteiger partial charge in [0.05, 0.1) is 6.10 Å². The fourth-order valence-electron chi connectivity index (χ4n) is 3.90. The number of amides is 5. The zero-order valence-corrected chi connectivity index (χ0v) is 17.5. The first kappa shape index (κ1) is 20.8. The molecule has 3 heterocycles. The molecule has 1 aromatic carbocycles. The zero-order valence-electron chi connectivity index (χ0n) is 17.5. The fraction of sp³-hybridized carbons (Fsp3) is 0.364. The summed E-state index contributed by atoms with van der Waals surface area (Å²) in [6, 6.07) is 6.77. The number of rotatable bonds is 5. The van der Waals surface area contributed by atoms with Crippen molar-refractivity contribution in [3.63, 3.8) is 0 Å². The highest BCUT2D eigenvalue weighted by Crippen LogP contribution is 2.26. The van der Waals surface area contributed by atoms with Gasteiger partial charge in [-0.3, -0.25) is 24.2 Å². The number of benzene rings is 1. The summed E-state index contributed by atoms with van der Waals surface area (Å²) in [6.45, 7) is 1.30. The minimum Gasteiger partial charge on any atom is -0.376 e. The predicted octanol–water partition coefficient (Wildman–Crippen LogP) is 1.37. The molecule has 9 heteroatoms. The molecule has 0 bridgehead atoms. The minimum absolute atomic E-state index is 0.0608. The fourth-order valence-corrected chi connectivity index (χ4v) is 3.90. The lowest BCUT2D eigenvalue weighted by Crippen LogP contribution is -2.52. The van der Waals surface area contributed by atoms with E-state index in [1.807, 2.05) is 24.3 Å². The normalized spacial score (nSPS) is 19.5. The molecule has 162 valence electrons. The molecule has 1 aromatic heterocycles. The lowest BCUT2D eigenvalue weighted by Gasteiger charge is -2.28. The third-order valence-corrected chi connectivity index (χ3v) is 5.63. The van der Waals surface area contributed by atoms with Gasteiger partial charge >= 0.3 is 6.03 Å². The summed E-state index contributed by atoms with van der Waals surface area (Å²) in [5, 5.41) is 3.70. The second-order valence-electron chi connectivity index (χ2n) is 7.74. The lowest BCUT2D eigenvalue weighted by atomic mass is 10.1. The molecule has 1 N–H and O–H groups in total. The Morgan fingerprint density at radius 3 is 2.55 bits per heavy atom. The number of barbiturate groups is 1. The average Bonchev–Trinajstić information content (AvgIpc) is 3.41. The van der Waals surface area contributed by atoms with Crippen LogP contribution in [0, 0.1) is 0 Å². The number of para-hydroxylation sites is 1. The van der Waals surface area contributed by atoms with Gasteiger partial charge in [-0.25, -0.2) is 4.79 Å². The van der Waals surface area contributed by atoms with Crippen LogP contribution in [0.4, 0.5) is 4.79 Å². The molecule has 2 saturated heterocycles. The van der Waals surface area contributed by atoms with Gasteiger partial charge in [0, 0.05) is 49.9 Å². The van der Waals surface area contributed by atoms with Gasteiger partial charge in [0.2, 0.25) is 5.91 Å². The molecule has 0 spiro atoms. The maximum absolute atomic E-state index is 12.5. The number of nitrogens with one attached hydrogen (secondary N) is 1. The molecule has 2 aliphatic heterocycles. The largest absolute Gasteiger partial charge is 0.376 e. The maximum atomic E-state index is 12.5. The van der Waals surface area contributed by atoms with Crippen LogP contribution < -0.4 is 5.32 Å². The van der Waals surface area contributed by atoms with Crippen LogP contribution in [0.5, 0.6) is 0 Å². The SMILES string of the molecule is CN1C(=O)C(=Cc2cn(CC(=O)NC[C@H]3CCCO3)c3ccccc23)C(=O)N(C)C1=O. The number of urea groups is 1. The molecule has 0 saturated carbocycles. The summed E-state index contributed by atoms with van der Waals surface area (Å²) in [5.74, 6) is -1.45. The Hall–Kier alpha value is -3.46. The molecular weight excluding hydrogens is 400 g/mol. The first-order valence-electron chi connectivity index (χ1n) is 10.1. The summed E-state index contributed by atoms with van der Waals surface area (Å²) in [4.78, 5) is 51.3. The molecule has 31 heavy (non-hydrogen) atoms. The van der Waals surface area contributed by atoms with E-state index in [9.17, 15) is 19.2 Å². The summed E-state index contributed by atoms with van der Waals surface area (Å²) >= 11 is 0. The molecular formula is C22H24N4O5. The van der Waals surface area contributed by atoms with Gasteiger partial charge in [-0.2, -0.15) is 0 Å². The molecule has 5 amide bonds. The molecule has 2 aliphatic rings. The number of hydrogen-bond acceptors (Lipinski definition) is 5. The number of aromatic nitrogens is 1. The number of nitrogens with zero attached hydrogens (tertiary/aromatic N) is 3. The number of ether oxygens (including phenoxy) is 1. The summed E-state index contributed by atoms with van der Waals surface area (Å²) in [6.07, 6.45) is 5.23. The molecule has 0 aliphatic carbocycles. The highest BCUT2D eigenvalue weighted by atomic mass is 16.5. The van der Waals surface area contributed by atoms with E-state index in [0.29, 0.717) is 12.1 Å². The summed E-state index contributed by atoms with van der Waals surface area (Å²) in [7, 11) is 2.67. The number of likely N-dealkylation sites (N-methyl/N-ethyl adjacent to an activating group) is 2. The second-order valence-corrected chi connectivity index (χ2v) is 7.74. The van der Waals surface area contributed by atoms with Crippen LogP contribution in [0.25, 0.3) is 17.0 Å². The van der Waals surface area contributed by atoms with Gasteiger partial charge in [0.15, 0.2) is 0 Å². The molecule has 9 nitrogen and oxygen atoms in total. The van der Waals surface area contributed by atoms with Crippen molar-refractivity contribution < 1.29 is 23.9 Å². The van der Waals surface area contributed by atoms with Gasteiger partial charge < -0.3 is 14.6 Å². The van der Waals surface area contributed by atoms with E-state index in [-0.39, 0.29) is 24.1 Å². The topological polar surface area (TPSA) is 101 Å². The molecule has 2 aromatic rings. The van der Waals surface area contributed by atoms with E-state index >= 15 is 0 Å². The first-order chi connectivity index (χ1) is 14.9. The van der Waals surface area contributed by atoms with Crippen molar-refractivity contribution in [2.45, 2.75) is 25.5 Å². The van der Waals surface area contributed by atoms with Gasteiger partial charge in [0.1, 0.15) is 12.1 Å². The number of fused-ring (bicyclic) bond motifs is 1. The molecule has 0 unspecified atom stereocenters. The van der Waals surface area contributed by atoms with Crippen molar-refractivity contribution in [1.29, 1.82) is 0 Å². The molecule has 0 radical (unpaired) electrons. The van der Waals surface area contributed by atoms with Crippen LogP contribution in [0.1, 0.15) is 18.4 Å². The Labute approximate surface area is 179 Å². The number of hydrogen-bond donors (Lipinski definition) is 1. The van der Waals surface area contributed by atoms with E-state index in [0.717, 1.165) is 40.2 Å². The highest BCUT2D eigenvalue weighted by Gasteiger charge is 2.38. The monoisotopic (exact) mass is 424 g/mol. The van der Waals surface area contributed by atoms with Gasteiger partial charge in [-0.05, 0) is 25.0 Å². The van der Waals surface area contributed by atoms with Gasteiger partial charge in [0.25, 0.3) is 11.8 Å². The minimum atomic E-state index is -0.669. The van der Waals surface area contributed by atoms with Crippen LogP contribution in [0.15, 0.2) is 36.0 Å². The molecule has 2 fully saturated rings. The van der Waals surface area contributed by atoms with E-state index in [4.69, 9.17) is 4.74 Å². The van der Waals surface area contributed by atoms with Crippen LogP contribution in [-0.4, -0.2) is 71.5 Å². The Kier molecular flexibility index (Phi) is 5.60. The summed E-state index contributed by atoms with van der Waals surface area (Å²) in [5.41, 5.74) is 1.32. The van der Waals surface area contributed by atoms with Crippen LogP contribution in [0.2, 0.25) is 0 Å². The molecule has 1 atom stereocenters. The van der Waals surface area contributed by atoms with Crippen molar-refractivity contribution >= 4 is 40.7 Å². The average molecular weight is 424 g/mol. The van der Waals surface area contributed by atoms with E-state index < -0.39 is 17.8 Å². The summed E-state index contributed by atoms with van der Waals surface area (Å²) < 4.78 is 7.31.